The monoisotopic (exact) mass is 666 g/mol. The molecule has 1 N–H and O–H groups in total. The van der Waals surface area contributed by atoms with Crippen LogP contribution < -0.4 is 10.2 Å². The minimum absolute atomic E-state index is 0.254. The third kappa shape index (κ3) is 5.60. The Kier molecular flexibility index (Phi) is 7.64. The molecule has 4 rings (SSSR count). The van der Waals surface area contributed by atoms with Gasteiger partial charge in [0.25, 0.3) is 5.91 Å². The number of nitrogens with one attached hydrogen (secondary N) is 1. The fourth-order valence-electron chi connectivity index (χ4n) is 3.12. The zero-order chi connectivity index (χ0) is 22.5. The van der Waals surface area contributed by atoms with Gasteiger partial charge in [0.1, 0.15) is 12.4 Å². The van der Waals surface area contributed by atoms with Crippen molar-refractivity contribution in [2.75, 3.05) is 0 Å². The Bertz CT molecular complexity index is 1300. The highest BCUT2D eigenvalue weighted by molar-refractivity contribution is 14.1. The van der Waals surface area contributed by atoms with Gasteiger partial charge in [-0.3, -0.25) is 4.79 Å². The Balaban J connectivity index is 1.42. The van der Waals surface area contributed by atoms with Crippen molar-refractivity contribution in [2.24, 2.45) is 5.10 Å². The number of carbonyl (C=O) groups excluding carboxylic acids is 1. The first-order valence-electron chi connectivity index (χ1n) is 9.69. The molecule has 0 radical (unpaired) electrons. The first kappa shape index (κ1) is 23.0. The van der Waals surface area contributed by atoms with Gasteiger partial charge in [-0.05, 0) is 91.8 Å². The van der Waals surface area contributed by atoms with Gasteiger partial charge in [-0.25, -0.2) is 5.43 Å². The second kappa shape index (κ2) is 10.6. The number of hydrogen-bond acceptors (Lipinski definition) is 3. The normalized spacial score (nSPS) is 11.1. The molecular weight excluding hydrogens is 650 g/mol. The van der Waals surface area contributed by atoms with Crippen molar-refractivity contribution in [3.63, 3.8) is 0 Å². The Labute approximate surface area is 218 Å². The Morgan fingerprint density at radius 3 is 2.38 bits per heavy atom. The van der Waals surface area contributed by atoms with E-state index in [1.54, 1.807) is 12.3 Å². The number of hydrogen-bond donors (Lipinski definition) is 1. The topological polar surface area (TPSA) is 50.7 Å². The van der Waals surface area contributed by atoms with E-state index in [0.29, 0.717) is 17.2 Å². The number of ether oxygens (including phenoxy) is 1. The SMILES string of the molecule is O=C(N/N=C\c1cc(I)c(OCc2ccccc2Cl)c(I)c1)c1ccc2ccccc2c1. The van der Waals surface area contributed by atoms with Gasteiger partial charge in [0.2, 0.25) is 0 Å². The molecule has 0 aliphatic heterocycles. The van der Waals surface area contributed by atoms with E-state index in [4.69, 9.17) is 16.3 Å². The van der Waals surface area contributed by atoms with Gasteiger partial charge in [-0.15, -0.1) is 0 Å². The van der Waals surface area contributed by atoms with Crippen molar-refractivity contribution in [3.05, 3.63) is 108 Å². The minimum atomic E-state index is -0.254. The number of benzene rings is 4. The summed E-state index contributed by atoms with van der Waals surface area (Å²) in [5, 5.41) is 6.92. The second-order valence-electron chi connectivity index (χ2n) is 6.95. The molecule has 0 saturated heterocycles. The predicted octanol–water partition coefficient (Wildman–Crippen LogP) is 7.05. The van der Waals surface area contributed by atoms with E-state index < -0.39 is 0 Å². The quantitative estimate of drug-likeness (QED) is 0.136. The zero-order valence-corrected chi connectivity index (χ0v) is 21.8. The average Bonchev–Trinajstić information content (AvgIpc) is 2.79. The van der Waals surface area contributed by atoms with Crippen LogP contribution in [0.4, 0.5) is 0 Å². The van der Waals surface area contributed by atoms with Crippen molar-refractivity contribution >= 4 is 79.7 Å². The Morgan fingerprint density at radius 2 is 1.62 bits per heavy atom. The van der Waals surface area contributed by atoms with Crippen LogP contribution in [0.1, 0.15) is 21.5 Å². The summed E-state index contributed by atoms with van der Waals surface area (Å²) < 4.78 is 7.91. The highest BCUT2D eigenvalue weighted by Gasteiger charge is 2.10. The lowest BCUT2D eigenvalue weighted by atomic mass is 10.1. The van der Waals surface area contributed by atoms with Crippen LogP contribution >= 0.6 is 56.8 Å². The molecule has 0 atom stereocenters. The van der Waals surface area contributed by atoms with E-state index in [9.17, 15) is 4.79 Å². The highest BCUT2D eigenvalue weighted by Crippen LogP contribution is 2.30. The summed E-state index contributed by atoms with van der Waals surface area (Å²) in [6.45, 7) is 0.390. The first-order valence-corrected chi connectivity index (χ1v) is 12.2. The summed E-state index contributed by atoms with van der Waals surface area (Å²) in [7, 11) is 0. The molecule has 0 fully saturated rings. The molecule has 160 valence electrons. The molecule has 0 aliphatic carbocycles. The van der Waals surface area contributed by atoms with Crippen molar-refractivity contribution in [1.29, 1.82) is 0 Å². The van der Waals surface area contributed by atoms with E-state index >= 15 is 0 Å². The standard InChI is InChI=1S/C25H17ClI2N2O2/c26-21-8-4-3-7-20(21)15-32-24-22(27)11-16(12-23(24)28)14-29-30-25(31)19-10-9-17-5-1-2-6-18(17)13-19/h1-14H,15H2,(H,30,31)/b29-14-. The molecule has 0 aliphatic rings. The molecule has 1 amide bonds. The number of carbonyl (C=O) groups is 1. The molecule has 7 heteroatoms. The smallest absolute Gasteiger partial charge is 0.271 e. The van der Waals surface area contributed by atoms with Crippen molar-refractivity contribution < 1.29 is 9.53 Å². The Hall–Kier alpha value is -2.17. The van der Waals surface area contributed by atoms with E-state index in [2.05, 4.69) is 55.7 Å². The zero-order valence-electron chi connectivity index (χ0n) is 16.7. The maximum absolute atomic E-state index is 12.5. The molecule has 32 heavy (non-hydrogen) atoms. The lowest BCUT2D eigenvalue weighted by Crippen LogP contribution is -2.17. The van der Waals surface area contributed by atoms with Crippen molar-refractivity contribution in [1.82, 2.24) is 5.43 Å². The number of amides is 1. The molecule has 4 aromatic carbocycles. The maximum atomic E-state index is 12.5. The van der Waals surface area contributed by atoms with Gasteiger partial charge < -0.3 is 4.74 Å². The maximum Gasteiger partial charge on any atom is 0.271 e. The van der Waals surface area contributed by atoms with Crippen LogP contribution in [-0.4, -0.2) is 12.1 Å². The highest BCUT2D eigenvalue weighted by atomic mass is 127. The molecule has 0 saturated carbocycles. The van der Waals surface area contributed by atoms with Gasteiger partial charge in [0.15, 0.2) is 0 Å². The van der Waals surface area contributed by atoms with Crippen molar-refractivity contribution in [3.8, 4) is 5.75 Å². The fraction of sp³-hybridized carbons (Fsp3) is 0.0400. The molecule has 0 heterocycles. The largest absolute Gasteiger partial charge is 0.487 e. The lowest BCUT2D eigenvalue weighted by molar-refractivity contribution is 0.0955. The van der Waals surface area contributed by atoms with Crippen LogP contribution in [0.25, 0.3) is 10.8 Å². The predicted molar refractivity (Wildman–Crippen MR) is 147 cm³/mol. The molecule has 0 bridgehead atoms. The van der Waals surface area contributed by atoms with Crippen molar-refractivity contribution in [2.45, 2.75) is 6.61 Å². The first-order chi connectivity index (χ1) is 15.5. The number of rotatable bonds is 6. The number of halogens is 3. The van der Waals surface area contributed by atoms with Gasteiger partial charge in [-0.2, -0.15) is 5.10 Å². The number of nitrogens with zero attached hydrogens (tertiary/aromatic N) is 1. The van der Waals surface area contributed by atoms with Crippen LogP contribution in [0, 0.1) is 7.14 Å². The molecule has 4 nitrogen and oxygen atoms in total. The van der Waals surface area contributed by atoms with Gasteiger partial charge in [0.05, 0.1) is 13.4 Å². The molecule has 4 aromatic rings. The van der Waals surface area contributed by atoms with E-state index in [0.717, 1.165) is 34.8 Å². The molecule has 0 spiro atoms. The average molecular weight is 667 g/mol. The van der Waals surface area contributed by atoms with Crippen LogP contribution in [-0.2, 0) is 6.61 Å². The van der Waals surface area contributed by atoms with Crippen LogP contribution in [0.5, 0.6) is 5.75 Å². The summed E-state index contributed by atoms with van der Waals surface area (Å²) in [4.78, 5) is 12.5. The van der Waals surface area contributed by atoms with E-state index in [1.165, 1.54) is 0 Å². The molecular formula is C25H17ClI2N2O2. The van der Waals surface area contributed by atoms with E-state index in [-0.39, 0.29) is 5.91 Å². The van der Waals surface area contributed by atoms with Gasteiger partial charge in [-0.1, -0.05) is 60.1 Å². The number of fused-ring (bicyclic) bond motifs is 1. The van der Waals surface area contributed by atoms with Gasteiger partial charge in [0, 0.05) is 16.1 Å². The van der Waals surface area contributed by atoms with E-state index in [1.807, 2.05) is 72.8 Å². The van der Waals surface area contributed by atoms with Crippen LogP contribution in [0.15, 0.2) is 84.0 Å². The third-order valence-corrected chi connectivity index (χ3v) is 6.71. The second-order valence-corrected chi connectivity index (χ2v) is 9.69. The summed E-state index contributed by atoms with van der Waals surface area (Å²) in [6, 6.07) is 25.0. The van der Waals surface area contributed by atoms with Gasteiger partial charge >= 0.3 is 0 Å². The molecule has 0 unspecified atom stereocenters. The minimum Gasteiger partial charge on any atom is -0.487 e. The van der Waals surface area contributed by atoms with Crippen LogP contribution in [0.2, 0.25) is 5.02 Å². The Morgan fingerprint density at radius 1 is 0.938 bits per heavy atom. The summed E-state index contributed by atoms with van der Waals surface area (Å²) >= 11 is 10.7. The lowest BCUT2D eigenvalue weighted by Gasteiger charge is -2.12. The third-order valence-electron chi connectivity index (χ3n) is 4.74. The summed E-state index contributed by atoms with van der Waals surface area (Å²) in [6.07, 6.45) is 1.63. The molecule has 0 aromatic heterocycles. The summed E-state index contributed by atoms with van der Waals surface area (Å²) in [5.74, 6) is 0.541. The summed E-state index contributed by atoms with van der Waals surface area (Å²) in [5.41, 5.74) is 4.96. The fourth-order valence-corrected chi connectivity index (χ4v) is 5.44. The number of hydrazone groups is 1. The van der Waals surface area contributed by atoms with Crippen LogP contribution in [0.3, 0.4) is 0 Å².